The number of nitrogens with zero attached hydrogens (tertiary/aromatic N) is 1. The first-order chi connectivity index (χ1) is 11.1. The number of methoxy groups -OCH3 is 1. The molecule has 0 radical (unpaired) electrons. The van der Waals surface area contributed by atoms with Crippen molar-refractivity contribution in [3.8, 4) is 0 Å². The molecule has 0 aliphatic heterocycles. The number of unbranched alkanes of at least 4 members (excludes halogenated alkanes) is 2. The summed E-state index contributed by atoms with van der Waals surface area (Å²) in [7, 11) is 3.12. The molecule has 0 unspecified atom stereocenters. The van der Waals surface area contributed by atoms with Crippen molar-refractivity contribution >= 4 is 11.9 Å². The van der Waals surface area contributed by atoms with E-state index in [2.05, 4.69) is 20.4 Å². The molecule has 1 aromatic carbocycles. The van der Waals surface area contributed by atoms with Crippen LogP contribution in [0.4, 0.5) is 4.39 Å². The maximum Gasteiger partial charge on any atom is 0.305 e. The van der Waals surface area contributed by atoms with Crippen LogP contribution in [0.15, 0.2) is 23.2 Å². The van der Waals surface area contributed by atoms with Crippen LogP contribution in [-0.4, -0.2) is 32.6 Å². The van der Waals surface area contributed by atoms with Gasteiger partial charge >= 0.3 is 5.97 Å². The molecule has 0 saturated carbocycles. The maximum atomic E-state index is 13.2. The van der Waals surface area contributed by atoms with E-state index in [1.807, 2.05) is 6.07 Å². The van der Waals surface area contributed by atoms with E-state index in [0.29, 0.717) is 24.5 Å². The van der Waals surface area contributed by atoms with E-state index in [1.54, 1.807) is 20.0 Å². The molecular formula is C17H26FN3O2. The van der Waals surface area contributed by atoms with Crippen molar-refractivity contribution in [2.75, 3.05) is 20.7 Å². The Morgan fingerprint density at radius 2 is 2.04 bits per heavy atom. The maximum absolute atomic E-state index is 13.2. The molecule has 0 amide bonds. The zero-order valence-corrected chi connectivity index (χ0v) is 14.1. The number of benzene rings is 1. The van der Waals surface area contributed by atoms with Crippen molar-refractivity contribution in [2.45, 2.75) is 39.2 Å². The predicted octanol–water partition coefficient (Wildman–Crippen LogP) is 2.53. The number of aryl methyl sites for hydroxylation is 1. The van der Waals surface area contributed by atoms with Gasteiger partial charge in [0.05, 0.1) is 7.11 Å². The molecule has 6 heteroatoms. The van der Waals surface area contributed by atoms with Crippen molar-refractivity contribution in [1.29, 1.82) is 0 Å². The fraction of sp³-hybridized carbons (Fsp3) is 0.529. The topological polar surface area (TPSA) is 62.7 Å². The number of hydrogen-bond donors (Lipinski definition) is 2. The van der Waals surface area contributed by atoms with E-state index in [-0.39, 0.29) is 11.8 Å². The van der Waals surface area contributed by atoms with Gasteiger partial charge in [0.2, 0.25) is 0 Å². The van der Waals surface area contributed by atoms with Crippen LogP contribution in [0.1, 0.15) is 36.8 Å². The molecule has 1 aromatic rings. The summed E-state index contributed by atoms with van der Waals surface area (Å²) >= 11 is 0. The molecule has 128 valence electrons. The summed E-state index contributed by atoms with van der Waals surface area (Å²) in [5.41, 5.74) is 1.64. The standard InChI is InChI=1S/C17H26FN3O2/c1-13-11-14(8-9-15(13)18)12-21-17(19-2)20-10-6-4-5-7-16(22)23-3/h8-9,11H,4-7,10,12H2,1-3H3,(H2,19,20,21). The Morgan fingerprint density at radius 1 is 1.26 bits per heavy atom. The highest BCUT2D eigenvalue weighted by atomic mass is 19.1. The minimum atomic E-state index is -0.191. The summed E-state index contributed by atoms with van der Waals surface area (Å²) in [5, 5.41) is 6.41. The molecule has 0 spiro atoms. The normalized spacial score (nSPS) is 11.2. The van der Waals surface area contributed by atoms with E-state index in [4.69, 9.17) is 0 Å². The van der Waals surface area contributed by atoms with Crippen LogP contribution in [0.3, 0.4) is 0 Å². The highest BCUT2D eigenvalue weighted by Gasteiger charge is 2.02. The summed E-state index contributed by atoms with van der Waals surface area (Å²) in [6.07, 6.45) is 3.20. The Morgan fingerprint density at radius 3 is 2.70 bits per heavy atom. The van der Waals surface area contributed by atoms with Crippen molar-refractivity contribution in [1.82, 2.24) is 10.6 Å². The number of carbonyl (C=O) groups is 1. The summed E-state index contributed by atoms with van der Waals surface area (Å²) in [4.78, 5) is 15.1. The first-order valence-electron chi connectivity index (χ1n) is 7.83. The van der Waals surface area contributed by atoms with E-state index < -0.39 is 0 Å². The van der Waals surface area contributed by atoms with Crippen molar-refractivity contribution in [2.24, 2.45) is 4.99 Å². The lowest BCUT2D eigenvalue weighted by molar-refractivity contribution is -0.140. The third-order valence-electron chi connectivity index (χ3n) is 3.48. The first-order valence-corrected chi connectivity index (χ1v) is 7.83. The summed E-state index contributed by atoms with van der Waals surface area (Å²) < 4.78 is 17.8. The number of guanidine groups is 1. The Balaban J connectivity index is 2.22. The minimum absolute atomic E-state index is 0.162. The monoisotopic (exact) mass is 323 g/mol. The van der Waals surface area contributed by atoms with Crippen LogP contribution in [0.5, 0.6) is 0 Å². The number of aliphatic imine (C=N–C) groups is 1. The van der Waals surface area contributed by atoms with Gasteiger partial charge in [-0.1, -0.05) is 18.6 Å². The van der Waals surface area contributed by atoms with E-state index in [1.165, 1.54) is 13.2 Å². The number of esters is 1. The van der Waals surface area contributed by atoms with Crippen LogP contribution < -0.4 is 10.6 Å². The molecule has 0 atom stereocenters. The second kappa shape index (κ2) is 10.6. The second-order valence-electron chi connectivity index (χ2n) is 5.32. The molecule has 1 rings (SSSR count). The average Bonchev–Trinajstić information content (AvgIpc) is 2.56. The predicted molar refractivity (Wildman–Crippen MR) is 89.8 cm³/mol. The van der Waals surface area contributed by atoms with E-state index >= 15 is 0 Å². The number of nitrogens with one attached hydrogen (secondary N) is 2. The molecule has 23 heavy (non-hydrogen) atoms. The molecule has 0 aliphatic carbocycles. The van der Waals surface area contributed by atoms with Gasteiger partial charge in [-0.25, -0.2) is 4.39 Å². The second-order valence-corrected chi connectivity index (χ2v) is 5.32. The van der Waals surface area contributed by atoms with Crippen molar-refractivity contribution in [3.63, 3.8) is 0 Å². The molecule has 0 aliphatic rings. The molecular weight excluding hydrogens is 297 g/mol. The SMILES string of the molecule is CN=C(NCCCCCC(=O)OC)NCc1ccc(F)c(C)c1. The van der Waals surface area contributed by atoms with Crippen molar-refractivity contribution in [3.05, 3.63) is 35.1 Å². The summed E-state index contributed by atoms with van der Waals surface area (Å²) in [6.45, 7) is 3.12. The smallest absolute Gasteiger partial charge is 0.305 e. The molecule has 0 heterocycles. The van der Waals surface area contributed by atoms with Gasteiger partial charge < -0.3 is 15.4 Å². The Kier molecular flexibility index (Phi) is 8.72. The van der Waals surface area contributed by atoms with Gasteiger partial charge in [0.15, 0.2) is 5.96 Å². The highest BCUT2D eigenvalue weighted by molar-refractivity contribution is 5.79. The van der Waals surface area contributed by atoms with Gasteiger partial charge in [0.25, 0.3) is 0 Å². The number of rotatable bonds is 8. The summed E-state index contributed by atoms with van der Waals surface area (Å²) in [5.74, 6) is 0.355. The molecule has 0 bridgehead atoms. The largest absolute Gasteiger partial charge is 0.469 e. The van der Waals surface area contributed by atoms with Crippen molar-refractivity contribution < 1.29 is 13.9 Å². The molecule has 2 N–H and O–H groups in total. The minimum Gasteiger partial charge on any atom is -0.469 e. The van der Waals surface area contributed by atoms with Gasteiger partial charge in [0, 0.05) is 26.6 Å². The number of halogens is 1. The zero-order chi connectivity index (χ0) is 17.1. The molecule has 5 nitrogen and oxygen atoms in total. The van der Waals surface area contributed by atoms with Gasteiger partial charge in [-0.2, -0.15) is 0 Å². The zero-order valence-electron chi connectivity index (χ0n) is 14.1. The lowest BCUT2D eigenvalue weighted by atomic mass is 10.1. The molecule has 0 saturated heterocycles. The van der Waals surface area contributed by atoms with Gasteiger partial charge in [0.1, 0.15) is 5.82 Å². The Bertz CT molecular complexity index is 533. The third kappa shape index (κ3) is 7.63. The number of hydrogen-bond acceptors (Lipinski definition) is 3. The van der Waals surface area contributed by atoms with Crippen LogP contribution in [-0.2, 0) is 16.1 Å². The van der Waals surface area contributed by atoms with Crippen LogP contribution in [0.2, 0.25) is 0 Å². The van der Waals surface area contributed by atoms with Gasteiger partial charge in [-0.05, 0) is 37.0 Å². The third-order valence-corrected chi connectivity index (χ3v) is 3.48. The lowest BCUT2D eigenvalue weighted by Crippen LogP contribution is -2.37. The van der Waals surface area contributed by atoms with Crippen LogP contribution in [0.25, 0.3) is 0 Å². The fourth-order valence-electron chi connectivity index (χ4n) is 2.10. The number of ether oxygens (including phenoxy) is 1. The fourth-order valence-corrected chi connectivity index (χ4v) is 2.10. The Labute approximate surface area is 137 Å². The molecule has 0 fully saturated rings. The van der Waals surface area contributed by atoms with Gasteiger partial charge in [-0.3, -0.25) is 9.79 Å². The van der Waals surface area contributed by atoms with Crippen LogP contribution in [0, 0.1) is 12.7 Å². The summed E-state index contributed by atoms with van der Waals surface area (Å²) in [6, 6.07) is 5.06. The van der Waals surface area contributed by atoms with Gasteiger partial charge in [-0.15, -0.1) is 0 Å². The van der Waals surface area contributed by atoms with E-state index in [9.17, 15) is 9.18 Å². The Hall–Kier alpha value is -2.11. The van der Waals surface area contributed by atoms with E-state index in [0.717, 1.165) is 31.4 Å². The average molecular weight is 323 g/mol. The quantitative estimate of drug-likeness (QED) is 0.334. The number of carbonyl (C=O) groups excluding carboxylic acids is 1. The highest BCUT2D eigenvalue weighted by Crippen LogP contribution is 2.08. The lowest BCUT2D eigenvalue weighted by Gasteiger charge is -2.12. The van der Waals surface area contributed by atoms with Crippen LogP contribution >= 0.6 is 0 Å². The molecule has 0 aromatic heterocycles. The first kappa shape index (κ1) is 18.9.